The third-order valence-electron chi connectivity index (χ3n) is 3.07. The molecule has 1 atom stereocenters. The van der Waals surface area contributed by atoms with Crippen molar-refractivity contribution in [2.75, 3.05) is 13.1 Å². The van der Waals surface area contributed by atoms with Crippen LogP contribution in [0.3, 0.4) is 0 Å². The van der Waals surface area contributed by atoms with Crippen LogP contribution in [0.2, 0.25) is 0 Å². The van der Waals surface area contributed by atoms with Crippen molar-refractivity contribution in [3.8, 4) is 0 Å². The molecule has 1 fully saturated rings. The quantitative estimate of drug-likeness (QED) is 0.885. The van der Waals surface area contributed by atoms with Crippen LogP contribution in [0.5, 0.6) is 0 Å². The van der Waals surface area contributed by atoms with E-state index in [4.69, 9.17) is 5.73 Å². The molecule has 5 nitrogen and oxygen atoms in total. The zero-order chi connectivity index (χ0) is 14.2. The topological polar surface area (TPSA) is 80.5 Å². The van der Waals surface area contributed by atoms with E-state index in [9.17, 15) is 17.6 Å². The van der Waals surface area contributed by atoms with Gasteiger partial charge in [0.25, 0.3) is 0 Å². The van der Waals surface area contributed by atoms with Gasteiger partial charge in [-0.2, -0.15) is 4.31 Å². The molecule has 1 aliphatic heterocycles. The number of hydrogen-bond acceptors (Lipinski definition) is 3. The van der Waals surface area contributed by atoms with Gasteiger partial charge in [0.05, 0.1) is 5.92 Å². The summed E-state index contributed by atoms with van der Waals surface area (Å²) in [7, 11) is -3.92. The largest absolute Gasteiger partial charge is 0.369 e. The fraction of sp³-hybridized carbons (Fsp3) is 0.364. The lowest BCUT2D eigenvalue weighted by molar-refractivity contribution is -0.121. The number of hydrogen-bond donors (Lipinski definition) is 1. The molecular formula is C11H12BrFN2O3S. The Morgan fingerprint density at radius 3 is 2.68 bits per heavy atom. The van der Waals surface area contributed by atoms with E-state index in [2.05, 4.69) is 15.9 Å². The first-order valence-corrected chi connectivity index (χ1v) is 7.80. The molecular weight excluding hydrogens is 339 g/mol. The van der Waals surface area contributed by atoms with Crippen LogP contribution in [0.1, 0.15) is 6.42 Å². The fourth-order valence-electron chi connectivity index (χ4n) is 2.00. The average molecular weight is 351 g/mol. The molecule has 1 heterocycles. The number of amides is 1. The van der Waals surface area contributed by atoms with E-state index in [-0.39, 0.29) is 18.0 Å². The Labute approximate surface area is 118 Å². The molecule has 19 heavy (non-hydrogen) atoms. The molecule has 1 saturated heterocycles. The Bertz CT molecular complexity index is 620. The fourth-order valence-corrected chi connectivity index (χ4v) is 3.88. The molecule has 0 aliphatic carbocycles. The number of benzene rings is 1. The van der Waals surface area contributed by atoms with E-state index in [1.54, 1.807) is 0 Å². The molecule has 1 aromatic rings. The second kappa shape index (κ2) is 5.18. The molecule has 1 aromatic carbocycles. The van der Waals surface area contributed by atoms with Gasteiger partial charge in [0.15, 0.2) is 0 Å². The van der Waals surface area contributed by atoms with Crippen molar-refractivity contribution < 1.29 is 17.6 Å². The number of primary amides is 1. The third kappa shape index (κ3) is 2.80. The molecule has 0 aromatic heterocycles. The minimum Gasteiger partial charge on any atom is -0.369 e. The number of carbonyl (C=O) groups excluding carboxylic acids is 1. The van der Waals surface area contributed by atoms with Gasteiger partial charge in [0.1, 0.15) is 10.7 Å². The monoisotopic (exact) mass is 350 g/mol. The van der Waals surface area contributed by atoms with Crippen molar-refractivity contribution in [2.45, 2.75) is 11.3 Å². The summed E-state index contributed by atoms with van der Waals surface area (Å²) >= 11 is 3.07. The van der Waals surface area contributed by atoms with Gasteiger partial charge < -0.3 is 5.73 Å². The minimum atomic E-state index is -3.92. The van der Waals surface area contributed by atoms with Crippen LogP contribution in [0, 0.1) is 11.7 Å². The maximum Gasteiger partial charge on any atom is 0.246 e. The SMILES string of the molecule is NC(=O)C1CCN(S(=O)(=O)c2ccc(Br)cc2F)C1. The summed E-state index contributed by atoms with van der Waals surface area (Å²) in [4.78, 5) is 10.7. The molecule has 1 unspecified atom stereocenters. The van der Waals surface area contributed by atoms with Crippen molar-refractivity contribution in [1.29, 1.82) is 0 Å². The van der Waals surface area contributed by atoms with Crippen molar-refractivity contribution in [1.82, 2.24) is 4.31 Å². The first-order valence-electron chi connectivity index (χ1n) is 5.57. The van der Waals surface area contributed by atoms with Gasteiger partial charge in [-0.15, -0.1) is 0 Å². The van der Waals surface area contributed by atoms with Crippen LogP contribution in [0.4, 0.5) is 4.39 Å². The number of rotatable bonds is 3. The van der Waals surface area contributed by atoms with Gasteiger partial charge in [-0.05, 0) is 24.6 Å². The molecule has 2 rings (SSSR count). The summed E-state index contributed by atoms with van der Waals surface area (Å²) in [5.41, 5.74) is 5.15. The lowest BCUT2D eigenvalue weighted by Crippen LogP contribution is -2.32. The highest BCUT2D eigenvalue weighted by atomic mass is 79.9. The van der Waals surface area contributed by atoms with E-state index < -0.39 is 27.7 Å². The van der Waals surface area contributed by atoms with E-state index in [0.29, 0.717) is 10.9 Å². The van der Waals surface area contributed by atoms with Crippen LogP contribution < -0.4 is 5.73 Å². The molecule has 1 aliphatic rings. The standard InChI is InChI=1S/C11H12BrFN2O3S/c12-8-1-2-10(9(13)5-8)19(17,18)15-4-3-7(6-15)11(14)16/h1-2,5,7H,3-4,6H2,(H2,14,16). The van der Waals surface area contributed by atoms with Gasteiger partial charge >= 0.3 is 0 Å². The molecule has 0 saturated carbocycles. The van der Waals surface area contributed by atoms with Crippen molar-refractivity contribution in [3.05, 3.63) is 28.5 Å². The molecule has 0 radical (unpaired) electrons. The zero-order valence-corrected chi connectivity index (χ0v) is 12.2. The van der Waals surface area contributed by atoms with Crippen LogP contribution in [0.25, 0.3) is 0 Å². The van der Waals surface area contributed by atoms with Crippen LogP contribution in [-0.4, -0.2) is 31.7 Å². The van der Waals surface area contributed by atoms with E-state index in [1.807, 2.05) is 0 Å². The van der Waals surface area contributed by atoms with Crippen molar-refractivity contribution in [3.63, 3.8) is 0 Å². The summed E-state index contributed by atoms with van der Waals surface area (Å²) < 4.78 is 39.8. The lowest BCUT2D eigenvalue weighted by Gasteiger charge is -2.16. The molecule has 0 spiro atoms. The van der Waals surface area contributed by atoms with Gasteiger partial charge in [0.2, 0.25) is 15.9 Å². The summed E-state index contributed by atoms with van der Waals surface area (Å²) in [5.74, 6) is -1.86. The summed E-state index contributed by atoms with van der Waals surface area (Å²) in [6.45, 7) is 0.179. The second-order valence-corrected chi connectivity index (χ2v) is 7.15. The molecule has 2 N–H and O–H groups in total. The Kier molecular flexibility index (Phi) is 3.93. The van der Waals surface area contributed by atoms with Crippen LogP contribution in [-0.2, 0) is 14.8 Å². The van der Waals surface area contributed by atoms with E-state index in [0.717, 1.165) is 10.4 Å². The van der Waals surface area contributed by atoms with Crippen molar-refractivity contribution in [2.24, 2.45) is 11.7 Å². The predicted octanol–water partition coefficient (Wildman–Crippen LogP) is 1.08. The number of sulfonamides is 1. The predicted molar refractivity (Wildman–Crippen MR) is 70.2 cm³/mol. The minimum absolute atomic E-state index is 0.00711. The highest BCUT2D eigenvalue weighted by Gasteiger charge is 2.36. The average Bonchev–Trinajstić information content (AvgIpc) is 2.78. The number of halogens is 2. The van der Waals surface area contributed by atoms with Gasteiger partial charge in [-0.3, -0.25) is 4.79 Å². The van der Waals surface area contributed by atoms with Crippen molar-refractivity contribution >= 4 is 31.9 Å². The van der Waals surface area contributed by atoms with Crippen LogP contribution in [0.15, 0.2) is 27.6 Å². The highest BCUT2D eigenvalue weighted by molar-refractivity contribution is 9.10. The molecule has 0 bridgehead atoms. The number of carbonyl (C=O) groups is 1. The normalized spacial score (nSPS) is 20.6. The van der Waals surface area contributed by atoms with Gasteiger partial charge in [-0.25, -0.2) is 12.8 Å². The maximum atomic E-state index is 13.7. The lowest BCUT2D eigenvalue weighted by atomic mass is 10.1. The summed E-state index contributed by atoms with van der Waals surface area (Å²) in [6, 6.07) is 3.75. The smallest absolute Gasteiger partial charge is 0.246 e. The summed E-state index contributed by atoms with van der Waals surface area (Å²) in [6.07, 6.45) is 0.368. The number of nitrogens with two attached hydrogens (primary N) is 1. The third-order valence-corrected chi connectivity index (χ3v) is 5.46. The summed E-state index contributed by atoms with van der Waals surface area (Å²) in [5, 5.41) is 0. The Morgan fingerprint density at radius 1 is 1.47 bits per heavy atom. The van der Waals surface area contributed by atoms with Crippen LogP contribution >= 0.6 is 15.9 Å². The second-order valence-electron chi connectivity index (χ2n) is 4.33. The molecule has 1 amide bonds. The Morgan fingerprint density at radius 2 is 2.16 bits per heavy atom. The maximum absolute atomic E-state index is 13.7. The first-order chi connectivity index (χ1) is 8.82. The van der Waals surface area contributed by atoms with Gasteiger partial charge in [0, 0.05) is 17.6 Å². The molecule has 8 heteroatoms. The molecule has 104 valence electrons. The Hall–Kier alpha value is -0.990. The zero-order valence-electron chi connectivity index (χ0n) is 9.84. The first kappa shape index (κ1) is 14.4. The van der Waals surface area contributed by atoms with E-state index >= 15 is 0 Å². The number of nitrogens with zero attached hydrogens (tertiary/aromatic N) is 1. The Balaban J connectivity index is 2.31. The highest BCUT2D eigenvalue weighted by Crippen LogP contribution is 2.27. The van der Waals surface area contributed by atoms with E-state index in [1.165, 1.54) is 12.1 Å². The van der Waals surface area contributed by atoms with Gasteiger partial charge in [-0.1, -0.05) is 15.9 Å².